The number of carboxylic acids is 1. The zero-order chi connectivity index (χ0) is 14.1. The van der Waals surface area contributed by atoms with Crippen LogP contribution in [0.25, 0.3) is 0 Å². The molecule has 0 radical (unpaired) electrons. The Morgan fingerprint density at radius 3 is 2.56 bits per heavy atom. The van der Waals surface area contributed by atoms with Crippen LogP contribution in [0.2, 0.25) is 0 Å². The molecule has 0 aliphatic carbocycles. The fraction of sp³-hybridized carbons (Fsp3) is 0.300. The maximum Gasteiger partial charge on any atom is 0.319 e. The van der Waals surface area contributed by atoms with Crippen molar-refractivity contribution in [3.63, 3.8) is 0 Å². The number of nitro groups is 1. The Bertz CT molecular complexity index is 521. The van der Waals surface area contributed by atoms with Gasteiger partial charge in [0.1, 0.15) is 10.6 Å². The van der Waals surface area contributed by atoms with E-state index in [-0.39, 0.29) is 15.1 Å². The summed E-state index contributed by atoms with van der Waals surface area (Å²) >= 11 is 3.58. The van der Waals surface area contributed by atoms with Gasteiger partial charge in [-0.3, -0.25) is 14.9 Å². The van der Waals surface area contributed by atoms with Gasteiger partial charge in [0.2, 0.25) is 0 Å². The first kappa shape index (κ1) is 14.9. The van der Waals surface area contributed by atoms with E-state index < -0.39 is 21.5 Å². The predicted octanol–water partition coefficient (Wildman–Crippen LogP) is 3.45. The van der Waals surface area contributed by atoms with E-state index in [4.69, 9.17) is 5.11 Å². The first-order valence-electron chi connectivity index (χ1n) is 4.71. The molecule has 0 fully saturated rings. The van der Waals surface area contributed by atoms with Gasteiger partial charge < -0.3 is 5.11 Å². The average Bonchev–Trinajstić information content (AvgIpc) is 2.22. The van der Waals surface area contributed by atoms with Gasteiger partial charge in [-0.25, -0.2) is 4.39 Å². The smallest absolute Gasteiger partial charge is 0.319 e. The topological polar surface area (TPSA) is 80.4 Å². The van der Waals surface area contributed by atoms with E-state index in [1.807, 2.05) is 0 Å². The van der Waals surface area contributed by atoms with Crippen LogP contribution in [0.1, 0.15) is 13.8 Å². The minimum atomic E-state index is -1.29. The van der Waals surface area contributed by atoms with Gasteiger partial charge in [-0.1, -0.05) is 0 Å². The van der Waals surface area contributed by atoms with Crippen molar-refractivity contribution in [2.24, 2.45) is 0 Å². The normalized spacial score (nSPS) is 11.3. The summed E-state index contributed by atoms with van der Waals surface area (Å²) in [6.45, 7) is 2.79. The predicted molar refractivity (Wildman–Crippen MR) is 68.3 cm³/mol. The minimum Gasteiger partial charge on any atom is -0.480 e. The first-order valence-corrected chi connectivity index (χ1v) is 6.32. The highest BCUT2D eigenvalue weighted by Gasteiger charge is 2.32. The standard InChI is InChI=1S/C10H9BrFNO4S/c1-10(2,9(14)15)18-8-4-6(12)5(11)3-7(8)13(16)17/h3-4H,1-2H3,(H,14,15). The summed E-state index contributed by atoms with van der Waals surface area (Å²) in [5.74, 6) is -1.81. The Morgan fingerprint density at radius 1 is 1.56 bits per heavy atom. The van der Waals surface area contributed by atoms with E-state index in [0.717, 1.165) is 23.9 Å². The van der Waals surface area contributed by atoms with E-state index in [0.29, 0.717) is 0 Å². The van der Waals surface area contributed by atoms with Gasteiger partial charge >= 0.3 is 5.97 Å². The third kappa shape index (κ3) is 3.20. The van der Waals surface area contributed by atoms with Gasteiger partial charge in [-0.2, -0.15) is 0 Å². The van der Waals surface area contributed by atoms with Crippen LogP contribution in [0.5, 0.6) is 0 Å². The maximum absolute atomic E-state index is 13.4. The third-order valence-electron chi connectivity index (χ3n) is 2.08. The number of hydrogen-bond acceptors (Lipinski definition) is 4. The fourth-order valence-corrected chi connectivity index (χ4v) is 2.43. The van der Waals surface area contributed by atoms with Crippen LogP contribution < -0.4 is 0 Å². The van der Waals surface area contributed by atoms with Crippen LogP contribution in [0.4, 0.5) is 10.1 Å². The van der Waals surface area contributed by atoms with E-state index in [9.17, 15) is 19.3 Å². The second kappa shape index (κ2) is 5.23. The molecule has 0 aromatic heterocycles. The molecule has 1 rings (SSSR count). The third-order valence-corrected chi connectivity index (χ3v) is 3.92. The molecule has 8 heteroatoms. The van der Waals surface area contributed by atoms with E-state index in [1.165, 1.54) is 13.8 Å². The number of benzene rings is 1. The van der Waals surface area contributed by atoms with E-state index in [1.54, 1.807) is 0 Å². The van der Waals surface area contributed by atoms with Gasteiger partial charge in [0.25, 0.3) is 5.69 Å². The second-order valence-corrected chi connectivity index (χ2v) is 6.43. The minimum absolute atomic E-state index is 0.0203. The van der Waals surface area contributed by atoms with Crippen molar-refractivity contribution in [2.75, 3.05) is 0 Å². The van der Waals surface area contributed by atoms with Crippen molar-refractivity contribution in [1.82, 2.24) is 0 Å². The van der Waals surface area contributed by atoms with Crippen LogP contribution >= 0.6 is 27.7 Å². The summed E-state index contributed by atoms with van der Waals surface area (Å²) < 4.78 is 12.0. The quantitative estimate of drug-likeness (QED) is 0.517. The molecule has 1 aromatic rings. The lowest BCUT2D eigenvalue weighted by Crippen LogP contribution is -2.27. The van der Waals surface area contributed by atoms with Crippen molar-refractivity contribution in [2.45, 2.75) is 23.5 Å². The molecule has 0 aliphatic rings. The lowest BCUT2D eigenvalue weighted by molar-refractivity contribution is -0.387. The molecule has 0 saturated carbocycles. The Labute approximate surface area is 115 Å². The highest BCUT2D eigenvalue weighted by molar-refractivity contribution is 9.10. The molecular weight excluding hydrogens is 329 g/mol. The van der Waals surface area contributed by atoms with E-state index in [2.05, 4.69) is 15.9 Å². The highest BCUT2D eigenvalue weighted by Crippen LogP contribution is 2.40. The summed E-state index contributed by atoms with van der Waals surface area (Å²) in [6, 6.07) is 1.98. The fourth-order valence-electron chi connectivity index (χ4n) is 1.06. The van der Waals surface area contributed by atoms with Crippen molar-refractivity contribution in [1.29, 1.82) is 0 Å². The monoisotopic (exact) mass is 337 g/mol. The Kier molecular flexibility index (Phi) is 4.33. The summed E-state index contributed by atoms with van der Waals surface area (Å²) in [5.41, 5.74) is -0.331. The molecular formula is C10H9BrFNO4S. The Morgan fingerprint density at radius 2 is 2.11 bits per heavy atom. The number of rotatable bonds is 4. The van der Waals surface area contributed by atoms with Crippen molar-refractivity contribution in [3.05, 3.63) is 32.5 Å². The van der Waals surface area contributed by atoms with Gasteiger partial charge in [0, 0.05) is 6.07 Å². The zero-order valence-electron chi connectivity index (χ0n) is 9.44. The summed E-state index contributed by atoms with van der Waals surface area (Å²) in [4.78, 5) is 21.1. The molecule has 0 spiro atoms. The van der Waals surface area contributed by atoms with Gasteiger partial charge in [0.15, 0.2) is 0 Å². The van der Waals surface area contributed by atoms with Crippen molar-refractivity contribution in [3.8, 4) is 0 Å². The van der Waals surface area contributed by atoms with Crippen LogP contribution in [0, 0.1) is 15.9 Å². The highest BCUT2D eigenvalue weighted by atomic mass is 79.9. The van der Waals surface area contributed by atoms with Crippen molar-refractivity contribution < 1.29 is 19.2 Å². The Hall–Kier alpha value is -1.15. The number of carboxylic acid groups (broad SMARTS) is 1. The first-order chi connectivity index (χ1) is 8.15. The average molecular weight is 338 g/mol. The molecule has 0 atom stereocenters. The number of hydrogen-bond donors (Lipinski definition) is 1. The molecule has 18 heavy (non-hydrogen) atoms. The van der Waals surface area contributed by atoms with Gasteiger partial charge in [-0.05, 0) is 35.8 Å². The summed E-state index contributed by atoms with van der Waals surface area (Å²) in [7, 11) is 0. The number of halogens is 2. The number of carbonyl (C=O) groups is 1. The second-order valence-electron chi connectivity index (χ2n) is 3.91. The number of thioether (sulfide) groups is 1. The van der Waals surface area contributed by atoms with Crippen LogP contribution in [-0.4, -0.2) is 20.7 Å². The molecule has 0 heterocycles. The van der Waals surface area contributed by atoms with Gasteiger partial charge in [-0.15, -0.1) is 11.8 Å². The molecule has 0 aliphatic heterocycles. The SMILES string of the molecule is CC(C)(Sc1cc(F)c(Br)cc1[N+](=O)[O-])C(=O)O. The molecule has 1 aromatic carbocycles. The lowest BCUT2D eigenvalue weighted by Gasteiger charge is -2.18. The molecule has 0 amide bonds. The molecule has 0 unspecified atom stereocenters. The van der Waals surface area contributed by atoms with Gasteiger partial charge in [0.05, 0.1) is 14.3 Å². The van der Waals surface area contributed by atoms with E-state index >= 15 is 0 Å². The molecule has 0 saturated heterocycles. The van der Waals surface area contributed by atoms with Crippen LogP contribution in [0.15, 0.2) is 21.5 Å². The van der Waals surface area contributed by atoms with Crippen LogP contribution in [-0.2, 0) is 4.79 Å². The summed E-state index contributed by atoms with van der Waals surface area (Å²) in [5, 5.41) is 19.8. The summed E-state index contributed by atoms with van der Waals surface area (Å²) in [6.07, 6.45) is 0. The number of nitro benzene ring substituents is 1. The van der Waals surface area contributed by atoms with Crippen molar-refractivity contribution >= 4 is 39.3 Å². The zero-order valence-corrected chi connectivity index (χ0v) is 11.8. The lowest BCUT2D eigenvalue weighted by atomic mass is 10.2. The molecule has 0 bridgehead atoms. The molecule has 98 valence electrons. The Balaban J connectivity index is 3.27. The number of aliphatic carboxylic acids is 1. The largest absolute Gasteiger partial charge is 0.480 e. The van der Waals surface area contributed by atoms with Crippen LogP contribution in [0.3, 0.4) is 0 Å². The maximum atomic E-state index is 13.4. The number of nitrogens with zero attached hydrogens (tertiary/aromatic N) is 1. The molecule has 5 nitrogen and oxygen atoms in total. The molecule has 1 N–H and O–H groups in total.